The van der Waals surface area contributed by atoms with Gasteiger partial charge < -0.3 is 9.50 Å². The van der Waals surface area contributed by atoms with Gasteiger partial charge in [0.05, 0.1) is 6.54 Å². The van der Waals surface area contributed by atoms with Crippen molar-refractivity contribution in [3.63, 3.8) is 0 Å². The van der Waals surface area contributed by atoms with Gasteiger partial charge in [-0.1, -0.05) is 35.9 Å². The van der Waals surface area contributed by atoms with Crippen molar-refractivity contribution in [2.45, 2.75) is 18.4 Å². The Hall–Kier alpha value is -2.09. The normalized spacial score (nSPS) is 11.3. The summed E-state index contributed by atoms with van der Waals surface area (Å²) in [6.07, 6.45) is 1.68. The lowest BCUT2D eigenvalue weighted by atomic mass is 10.2. The Morgan fingerprint density at radius 1 is 1.20 bits per heavy atom. The van der Waals surface area contributed by atoms with Crippen LogP contribution in [0.15, 0.2) is 59.6 Å². The lowest BCUT2D eigenvalue weighted by molar-refractivity contribution is 0.485. The Kier molecular flexibility index (Phi) is 5.27. The summed E-state index contributed by atoms with van der Waals surface area (Å²) in [5.41, 5.74) is 1.28. The van der Waals surface area contributed by atoms with Crippen molar-refractivity contribution in [3.05, 3.63) is 69.6 Å². The molecule has 0 atom stereocenters. The molecule has 0 saturated carbocycles. The molecule has 0 amide bonds. The molecule has 0 bridgehead atoms. The molecule has 1 N–H and O–H groups in total. The Morgan fingerprint density at radius 3 is 2.64 bits per heavy atom. The van der Waals surface area contributed by atoms with Gasteiger partial charge in [0.1, 0.15) is 10.6 Å². The Bertz CT molecular complexity index is 973. The van der Waals surface area contributed by atoms with E-state index in [2.05, 4.69) is 10.3 Å². The molecule has 0 unspecified atom stereocenters. The predicted octanol–water partition coefficient (Wildman–Crippen LogP) is 4.48. The molecule has 3 rings (SSSR count). The molecule has 3 aromatic rings. The highest BCUT2D eigenvalue weighted by molar-refractivity contribution is 7.87. The summed E-state index contributed by atoms with van der Waals surface area (Å²) in [4.78, 5) is 5.06. The zero-order valence-electron chi connectivity index (χ0n) is 13.3. The number of nitrogens with one attached hydrogen (secondary N) is 1. The quantitative estimate of drug-likeness (QED) is 0.624. The lowest BCUT2D eigenvalue weighted by Gasteiger charge is -2.12. The van der Waals surface area contributed by atoms with E-state index in [1.807, 2.05) is 6.07 Å². The van der Waals surface area contributed by atoms with E-state index in [1.54, 1.807) is 55.6 Å². The lowest BCUT2D eigenvalue weighted by Crippen LogP contribution is -2.12. The maximum atomic E-state index is 12.6. The predicted molar refractivity (Wildman–Crippen MR) is 99.9 cm³/mol. The van der Waals surface area contributed by atoms with Gasteiger partial charge in [0.15, 0.2) is 4.47 Å². The second-order valence-corrected chi connectivity index (χ2v) is 8.48. The summed E-state index contributed by atoms with van der Waals surface area (Å²) >= 11 is 7.18. The van der Waals surface area contributed by atoms with Gasteiger partial charge in [-0.05, 0) is 36.8 Å². The van der Waals surface area contributed by atoms with Crippen molar-refractivity contribution in [2.75, 3.05) is 5.32 Å². The minimum Gasteiger partial charge on any atom is -0.380 e. The molecule has 130 valence electrons. The Labute approximate surface area is 155 Å². The molecule has 0 aliphatic rings. The van der Waals surface area contributed by atoms with Crippen LogP contribution in [0.4, 0.5) is 5.69 Å². The molecule has 0 aliphatic carbocycles. The Morgan fingerprint density at radius 2 is 1.96 bits per heavy atom. The highest BCUT2D eigenvalue weighted by atomic mass is 35.5. The van der Waals surface area contributed by atoms with Crippen LogP contribution in [0.2, 0.25) is 4.47 Å². The van der Waals surface area contributed by atoms with Crippen molar-refractivity contribution in [1.82, 2.24) is 4.98 Å². The Balaban J connectivity index is 1.81. The van der Waals surface area contributed by atoms with Crippen molar-refractivity contribution in [1.29, 1.82) is 0 Å². The van der Waals surface area contributed by atoms with Gasteiger partial charge in [-0.25, -0.2) is 4.98 Å². The largest absolute Gasteiger partial charge is 0.380 e. The fourth-order valence-corrected chi connectivity index (χ4v) is 4.29. The number of halogens is 1. The van der Waals surface area contributed by atoms with E-state index in [-0.39, 0.29) is 10.6 Å². The first-order chi connectivity index (χ1) is 11.9. The van der Waals surface area contributed by atoms with E-state index < -0.39 is 10.1 Å². The number of rotatable bonds is 6. The van der Waals surface area contributed by atoms with Gasteiger partial charge in [0, 0.05) is 16.8 Å². The summed E-state index contributed by atoms with van der Waals surface area (Å²) in [6.45, 7) is 2.24. The molecular formula is C17H15ClN2O3S2. The van der Waals surface area contributed by atoms with E-state index in [1.165, 1.54) is 11.3 Å². The highest BCUT2D eigenvalue weighted by Crippen LogP contribution is 2.25. The van der Waals surface area contributed by atoms with Gasteiger partial charge in [-0.2, -0.15) is 8.42 Å². The van der Waals surface area contributed by atoms with Crippen molar-refractivity contribution in [2.24, 2.45) is 0 Å². The average molecular weight is 395 g/mol. The van der Waals surface area contributed by atoms with Crippen LogP contribution in [0.3, 0.4) is 0 Å². The van der Waals surface area contributed by atoms with E-state index >= 15 is 0 Å². The van der Waals surface area contributed by atoms with Gasteiger partial charge in [-0.15, -0.1) is 11.3 Å². The van der Waals surface area contributed by atoms with E-state index in [0.29, 0.717) is 22.3 Å². The molecule has 8 heteroatoms. The number of aryl methyl sites for hydroxylation is 1. The standard InChI is InChI=1S/C17H15ClN2O3S2/c1-12-7-8-13(19-10-15-11-20-17(18)24-15)9-16(12)25(21,22)23-14-5-3-2-4-6-14/h2-9,11,19H,10H2,1H3. The number of thiazole rings is 1. The van der Waals surface area contributed by atoms with E-state index in [9.17, 15) is 8.42 Å². The molecule has 0 spiro atoms. The molecule has 2 aromatic carbocycles. The number of hydrogen-bond acceptors (Lipinski definition) is 6. The summed E-state index contributed by atoms with van der Waals surface area (Å²) in [5, 5.41) is 3.17. The molecule has 1 heterocycles. The number of anilines is 1. The van der Waals surface area contributed by atoms with Crippen LogP contribution in [0, 0.1) is 6.92 Å². The van der Waals surface area contributed by atoms with Gasteiger partial charge in [-0.3, -0.25) is 0 Å². The minimum absolute atomic E-state index is 0.128. The van der Waals surface area contributed by atoms with Crippen molar-refractivity contribution in [3.8, 4) is 5.75 Å². The van der Waals surface area contributed by atoms with Crippen LogP contribution in [-0.2, 0) is 16.7 Å². The van der Waals surface area contributed by atoms with Crippen LogP contribution in [-0.4, -0.2) is 13.4 Å². The molecule has 1 aromatic heterocycles. The van der Waals surface area contributed by atoms with Crippen molar-refractivity contribution >= 4 is 38.7 Å². The van der Waals surface area contributed by atoms with Crippen molar-refractivity contribution < 1.29 is 12.6 Å². The van der Waals surface area contributed by atoms with Crippen LogP contribution >= 0.6 is 22.9 Å². The first kappa shape index (κ1) is 17.7. The van der Waals surface area contributed by atoms with Gasteiger partial charge in [0.2, 0.25) is 0 Å². The fraction of sp³-hybridized carbons (Fsp3) is 0.118. The van der Waals surface area contributed by atoms with Crippen LogP contribution in [0.5, 0.6) is 5.75 Å². The third-order valence-electron chi connectivity index (χ3n) is 3.40. The number of aromatic nitrogens is 1. The smallest absolute Gasteiger partial charge is 0.339 e. The summed E-state index contributed by atoms with van der Waals surface area (Å²) in [5.74, 6) is 0.277. The maximum absolute atomic E-state index is 12.6. The van der Waals surface area contributed by atoms with Gasteiger partial charge in [0.25, 0.3) is 0 Å². The zero-order chi connectivity index (χ0) is 17.9. The first-order valence-electron chi connectivity index (χ1n) is 7.38. The summed E-state index contributed by atoms with van der Waals surface area (Å²) in [7, 11) is -3.92. The average Bonchev–Trinajstić information content (AvgIpc) is 3.00. The first-order valence-corrected chi connectivity index (χ1v) is 9.98. The number of hydrogen-bond donors (Lipinski definition) is 1. The molecule has 0 radical (unpaired) electrons. The molecule has 25 heavy (non-hydrogen) atoms. The molecule has 0 fully saturated rings. The third kappa shape index (κ3) is 4.50. The third-order valence-corrected chi connectivity index (χ3v) is 5.90. The van der Waals surface area contributed by atoms with Crippen LogP contribution in [0.1, 0.15) is 10.4 Å². The fourth-order valence-electron chi connectivity index (χ4n) is 2.18. The van der Waals surface area contributed by atoms with Crippen LogP contribution in [0.25, 0.3) is 0 Å². The molecule has 5 nitrogen and oxygen atoms in total. The van der Waals surface area contributed by atoms with Gasteiger partial charge >= 0.3 is 10.1 Å². The summed E-state index contributed by atoms with van der Waals surface area (Å²) in [6, 6.07) is 13.6. The highest BCUT2D eigenvalue weighted by Gasteiger charge is 2.20. The second kappa shape index (κ2) is 7.43. The van der Waals surface area contributed by atoms with E-state index in [4.69, 9.17) is 15.8 Å². The molecule has 0 aliphatic heterocycles. The molecule has 0 saturated heterocycles. The second-order valence-electron chi connectivity index (χ2n) is 5.26. The monoisotopic (exact) mass is 394 g/mol. The maximum Gasteiger partial charge on any atom is 0.339 e. The number of benzene rings is 2. The summed E-state index contributed by atoms with van der Waals surface area (Å²) < 4.78 is 30.8. The number of nitrogens with zero attached hydrogens (tertiary/aromatic N) is 1. The zero-order valence-corrected chi connectivity index (χ0v) is 15.7. The SMILES string of the molecule is Cc1ccc(NCc2cnc(Cl)s2)cc1S(=O)(=O)Oc1ccccc1. The van der Waals surface area contributed by atoms with Crippen LogP contribution < -0.4 is 9.50 Å². The molecular weight excluding hydrogens is 380 g/mol. The topological polar surface area (TPSA) is 68.3 Å². The van der Waals surface area contributed by atoms with E-state index in [0.717, 1.165) is 4.88 Å². The number of para-hydroxylation sites is 1. The minimum atomic E-state index is -3.92.